The van der Waals surface area contributed by atoms with Crippen LogP contribution >= 0.6 is 11.8 Å². The number of pyridine rings is 1. The Balaban J connectivity index is 1.53. The van der Waals surface area contributed by atoms with E-state index in [0.717, 1.165) is 27.1 Å². The van der Waals surface area contributed by atoms with Crippen molar-refractivity contribution in [3.63, 3.8) is 0 Å². The van der Waals surface area contributed by atoms with Gasteiger partial charge in [0.2, 0.25) is 11.8 Å². The summed E-state index contributed by atoms with van der Waals surface area (Å²) in [6.45, 7) is 4.39. The molecule has 0 atom stereocenters. The number of amides is 2. The van der Waals surface area contributed by atoms with Crippen molar-refractivity contribution in [2.75, 3.05) is 19.3 Å². The number of rotatable bonds is 7. The number of hydrogen-bond donors (Lipinski definition) is 1. The minimum absolute atomic E-state index is 0.00336. The second kappa shape index (κ2) is 8.93. The fraction of sp³-hybridized carbons (Fsp3) is 0.286. The largest absolute Gasteiger partial charge is 0.467 e. The van der Waals surface area contributed by atoms with Crippen LogP contribution in [0.25, 0.3) is 10.9 Å². The van der Waals surface area contributed by atoms with E-state index in [-0.39, 0.29) is 24.1 Å². The lowest BCUT2D eigenvalue weighted by Gasteiger charge is -2.16. The predicted molar refractivity (Wildman–Crippen MR) is 110 cm³/mol. The van der Waals surface area contributed by atoms with E-state index in [0.29, 0.717) is 12.3 Å². The average Bonchev–Trinajstić information content (AvgIpc) is 3.19. The van der Waals surface area contributed by atoms with Crippen LogP contribution in [-0.4, -0.2) is 41.0 Å². The summed E-state index contributed by atoms with van der Waals surface area (Å²) in [7, 11) is 1.62. The Morgan fingerprint density at radius 3 is 2.75 bits per heavy atom. The molecule has 1 aromatic carbocycles. The molecule has 0 unspecified atom stereocenters. The third-order valence-corrected chi connectivity index (χ3v) is 5.31. The van der Waals surface area contributed by atoms with Gasteiger partial charge in [-0.1, -0.05) is 30.0 Å². The lowest BCUT2D eigenvalue weighted by Crippen LogP contribution is -2.38. The van der Waals surface area contributed by atoms with Gasteiger partial charge in [0, 0.05) is 12.4 Å². The van der Waals surface area contributed by atoms with Crippen molar-refractivity contribution in [3.8, 4) is 0 Å². The summed E-state index contributed by atoms with van der Waals surface area (Å²) in [6.07, 6.45) is 1.55. The maximum atomic E-state index is 12.4. The van der Waals surface area contributed by atoms with E-state index in [9.17, 15) is 9.59 Å². The first-order valence-corrected chi connectivity index (χ1v) is 9.95. The number of aryl methyl sites for hydroxylation is 2. The fourth-order valence-corrected chi connectivity index (χ4v) is 3.72. The topological polar surface area (TPSA) is 75.4 Å². The van der Waals surface area contributed by atoms with Gasteiger partial charge < -0.3 is 14.6 Å². The number of nitrogens with zero attached hydrogens (tertiary/aromatic N) is 2. The van der Waals surface area contributed by atoms with Gasteiger partial charge in [0.1, 0.15) is 5.76 Å². The number of nitrogens with one attached hydrogen (secondary N) is 1. The second-order valence-electron chi connectivity index (χ2n) is 6.64. The summed E-state index contributed by atoms with van der Waals surface area (Å²) in [6, 6.07) is 11.7. The van der Waals surface area contributed by atoms with Crippen molar-refractivity contribution < 1.29 is 14.0 Å². The summed E-state index contributed by atoms with van der Waals surface area (Å²) < 4.78 is 5.17. The van der Waals surface area contributed by atoms with Gasteiger partial charge >= 0.3 is 0 Å². The highest BCUT2D eigenvalue weighted by atomic mass is 32.2. The molecule has 2 amide bonds. The molecule has 0 aliphatic heterocycles. The van der Waals surface area contributed by atoms with Crippen LogP contribution in [0.2, 0.25) is 0 Å². The first kappa shape index (κ1) is 19.9. The first-order valence-electron chi connectivity index (χ1n) is 8.97. The van der Waals surface area contributed by atoms with Gasteiger partial charge in [0.15, 0.2) is 0 Å². The smallest absolute Gasteiger partial charge is 0.239 e. The summed E-state index contributed by atoms with van der Waals surface area (Å²) in [5.41, 5.74) is 3.21. The van der Waals surface area contributed by atoms with Gasteiger partial charge in [-0.25, -0.2) is 4.98 Å². The zero-order valence-electron chi connectivity index (χ0n) is 16.2. The number of carbonyl (C=O) groups is 2. The van der Waals surface area contributed by atoms with Crippen molar-refractivity contribution in [1.82, 2.24) is 15.2 Å². The molecule has 3 aromatic rings. The monoisotopic (exact) mass is 397 g/mol. The summed E-state index contributed by atoms with van der Waals surface area (Å²) in [4.78, 5) is 30.5. The molecule has 0 aliphatic carbocycles. The number of furan rings is 1. The quantitative estimate of drug-likeness (QED) is 0.619. The average molecular weight is 398 g/mol. The molecule has 1 N–H and O–H groups in total. The van der Waals surface area contributed by atoms with Crippen molar-refractivity contribution in [2.45, 2.75) is 25.4 Å². The molecule has 28 heavy (non-hydrogen) atoms. The summed E-state index contributed by atoms with van der Waals surface area (Å²) in [5, 5.41) is 4.67. The molecule has 0 saturated heterocycles. The van der Waals surface area contributed by atoms with E-state index in [2.05, 4.69) is 16.4 Å². The van der Waals surface area contributed by atoms with Gasteiger partial charge in [0.05, 0.1) is 35.6 Å². The highest BCUT2D eigenvalue weighted by Gasteiger charge is 2.14. The van der Waals surface area contributed by atoms with E-state index >= 15 is 0 Å². The Hall–Kier alpha value is -2.80. The van der Waals surface area contributed by atoms with Crippen LogP contribution in [-0.2, 0) is 16.1 Å². The van der Waals surface area contributed by atoms with E-state index in [1.165, 1.54) is 16.7 Å². The van der Waals surface area contributed by atoms with E-state index in [4.69, 9.17) is 4.42 Å². The number of fused-ring (bicyclic) bond motifs is 1. The van der Waals surface area contributed by atoms with Crippen LogP contribution in [0.4, 0.5) is 0 Å². The van der Waals surface area contributed by atoms with Crippen LogP contribution in [0.3, 0.4) is 0 Å². The van der Waals surface area contributed by atoms with Crippen molar-refractivity contribution >= 4 is 34.5 Å². The summed E-state index contributed by atoms with van der Waals surface area (Å²) >= 11 is 1.38. The van der Waals surface area contributed by atoms with Crippen LogP contribution in [0, 0.1) is 13.8 Å². The predicted octanol–water partition coefficient (Wildman–Crippen LogP) is 3.31. The van der Waals surface area contributed by atoms with E-state index < -0.39 is 0 Å². The van der Waals surface area contributed by atoms with Gasteiger partial charge in [0.25, 0.3) is 0 Å². The molecule has 0 radical (unpaired) electrons. The maximum Gasteiger partial charge on any atom is 0.239 e. The van der Waals surface area contributed by atoms with E-state index in [1.807, 2.05) is 32.0 Å². The van der Waals surface area contributed by atoms with Gasteiger partial charge in [-0.15, -0.1) is 0 Å². The number of thioether (sulfide) groups is 1. The molecule has 2 heterocycles. The molecular formula is C21H23N3O3S. The van der Waals surface area contributed by atoms with Crippen molar-refractivity contribution in [2.24, 2.45) is 0 Å². The fourth-order valence-electron chi connectivity index (χ4n) is 2.81. The standard InChI is InChI=1S/C21H23N3O3S/c1-14-6-4-8-17-15(2)10-19(23-21(14)17)28-13-20(26)24(3)12-18(25)22-11-16-7-5-9-27-16/h4-10H,11-13H2,1-3H3,(H,22,25). The molecule has 3 rings (SSSR count). The number of carbonyl (C=O) groups excluding carboxylic acids is 2. The molecule has 146 valence electrons. The Morgan fingerprint density at radius 2 is 2.00 bits per heavy atom. The number of hydrogen-bond acceptors (Lipinski definition) is 5. The molecule has 2 aromatic heterocycles. The molecule has 7 heteroatoms. The minimum atomic E-state index is -0.229. The lowest BCUT2D eigenvalue weighted by atomic mass is 10.1. The molecule has 0 fully saturated rings. The Kier molecular flexibility index (Phi) is 6.36. The number of para-hydroxylation sites is 1. The Bertz CT molecular complexity index is 986. The number of benzene rings is 1. The van der Waals surface area contributed by atoms with E-state index in [1.54, 1.807) is 25.4 Å². The first-order chi connectivity index (χ1) is 13.4. The van der Waals surface area contributed by atoms with Crippen molar-refractivity contribution in [1.29, 1.82) is 0 Å². The SMILES string of the molecule is Cc1cc(SCC(=O)N(C)CC(=O)NCc2ccco2)nc2c(C)cccc12. The van der Waals surface area contributed by atoms with Crippen LogP contribution < -0.4 is 5.32 Å². The molecular weight excluding hydrogens is 374 g/mol. The lowest BCUT2D eigenvalue weighted by molar-refractivity contribution is -0.132. The Morgan fingerprint density at radius 1 is 1.18 bits per heavy atom. The van der Waals surface area contributed by atoms with Gasteiger partial charge in [-0.2, -0.15) is 0 Å². The highest BCUT2D eigenvalue weighted by molar-refractivity contribution is 7.99. The summed E-state index contributed by atoms with van der Waals surface area (Å²) in [5.74, 6) is 0.548. The second-order valence-corrected chi connectivity index (χ2v) is 7.64. The van der Waals surface area contributed by atoms with Crippen LogP contribution in [0.1, 0.15) is 16.9 Å². The number of likely N-dealkylation sites (N-methyl/N-ethyl adjacent to an activating group) is 1. The van der Waals surface area contributed by atoms with Gasteiger partial charge in [-0.05, 0) is 43.2 Å². The van der Waals surface area contributed by atoms with Crippen LogP contribution in [0.5, 0.6) is 0 Å². The maximum absolute atomic E-state index is 12.4. The Labute approximate surface area is 168 Å². The third kappa shape index (κ3) is 4.92. The molecule has 6 nitrogen and oxygen atoms in total. The normalized spacial score (nSPS) is 10.8. The number of aromatic nitrogens is 1. The minimum Gasteiger partial charge on any atom is -0.467 e. The van der Waals surface area contributed by atoms with Gasteiger partial charge in [-0.3, -0.25) is 9.59 Å². The zero-order chi connectivity index (χ0) is 20.1. The molecule has 0 aliphatic rings. The van der Waals surface area contributed by atoms with Crippen molar-refractivity contribution in [3.05, 3.63) is 59.5 Å². The molecule has 0 saturated carbocycles. The molecule has 0 spiro atoms. The highest BCUT2D eigenvalue weighted by Crippen LogP contribution is 2.25. The third-order valence-electron chi connectivity index (χ3n) is 4.41. The van der Waals surface area contributed by atoms with Crippen LogP contribution in [0.15, 0.2) is 52.1 Å². The molecule has 0 bridgehead atoms. The zero-order valence-corrected chi connectivity index (χ0v) is 17.0.